The summed E-state index contributed by atoms with van der Waals surface area (Å²) < 4.78 is 3.34. The molecule has 2 nitrogen and oxygen atoms in total. The fraction of sp³-hybridized carbons (Fsp3) is 0.111. The molecule has 0 amide bonds. The molecule has 0 aliphatic carbocycles. The number of halogens is 1. The third-order valence-corrected chi connectivity index (χ3v) is 4.46. The Bertz CT molecular complexity index is 571. The molecule has 5 heteroatoms. The predicted molar refractivity (Wildman–Crippen MR) is 65.2 cm³/mol. The second kappa shape index (κ2) is 2.98. The summed E-state index contributed by atoms with van der Waals surface area (Å²) in [7, 11) is 0. The molecule has 2 heterocycles. The minimum absolute atomic E-state index is 0.922. The molecule has 0 unspecified atom stereocenters. The second-order valence-corrected chi connectivity index (χ2v) is 6.47. The van der Waals surface area contributed by atoms with Gasteiger partial charge in [-0.25, -0.2) is 9.97 Å². The van der Waals surface area contributed by atoms with Gasteiger partial charge in [-0.1, -0.05) is 0 Å². The maximum atomic E-state index is 4.52. The molecule has 0 bridgehead atoms. The highest BCUT2D eigenvalue weighted by Crippen LogP contribution is 2.34. The monoisotopic (exact) mass is 284 g/mol. The maximum absolute atomic E-state index is 4.52. The molecule has 0 spiro atoms. The molecule has 0 saturated heterocycles. The highest BCUT2D eigenvalue weighted by atomic mass is 79.9. The van der Waals surface area contributed by atoms with Gasteiger partial charge in [-0.15, -0.1) is 22.7 Å². The van der Waals surface area contributed by atoms with E-state index >= 15 is 0 Å². The van der Waals surface area contributed by atoms with Crippen LogP contribution >= 0.6 is 38.6 Å². The van der Waals surface area contributed by atoms with E-state index in [0.29, 0.717) is 0 Å². The zero-order valence-corrected chi connectivity index (χ0v) is 10.5. The zero-order chi connectivity index (χ0) is 9.71. The van der Waals surface area contributed by atoms with Gasteiger partial charge in [-0.05, 0) is 35.0 Å². The first kappa shape index (κ1) is 8.76. The SMILES string of the molecule is Cc1nc2c(ccc3nc(Br)sc32)s1. The molecule has 0 fully saturated rings. The van der Waals surface area contributed by atoms with Gasteiger partial charge in [-0.3, -0.25) is 0 Å². The molecule has 0 saturated carbocycles. The summed E-state index contributed by atoms with van der Waals surface area (Å²) in [5, 5.41) is 1.11. The molecule has 0 aliphatic heterocycles. The van der Waals surface area contributed by atoms with E-state index in [9.17, 15) is 0 Å². The number of aromatic nitrogens is 2. The Morgan fingerprint density at radius 1 is 1.21 bits per heavy atom. The van der Waals surface area contributed by atoms with Gasteiger partial charge in [0.25, 0.3) is 0 Å². The van der Waals surface area contributed by atoms with Crippen LogP contribution in [0.3, 0.4) is 0 Å². The van der Waals surface area contributed by atoms with E-state index in [1.54, 1.807) is 22.7 Å². The summed E-state index contributed by atoms with van der Waals surface area (Å²) in [4.78, 5) is 8.90. The zero-order valence-electron chi connectivity index (χ0n) is 7.24. The van der Waals surface area contributed by atoms with Crippen molar-refractivity contribution in [1.29, 1.82) is 0 Å². The van der Waals surface area contributed by atoms with Crippen molar-refractivity contribution in [1.82, 2.24) is 9.97 Å². The van der Waals surface area contributed by atoms with Crippen LogP contribution in [0.4, 0.5) is 0 Å². The van der Waals surface area contributed by atoms with Crippen molar-refractivity contribution in [2.24, 2.45) is 0 Å². The fourth-order valence-electron chi connectivity index (χ4n) is 1.46. The largest absolute Gasteiger partial charge is 0.240 e. The normalized spacial score (nSPS) is 11.6. The average molecular weight is 285 g/mol. The fourth-order valence-corrected chi connectivity index (χ4v) is 3.82. The summed E-state index contributed by atoms with van der Waals surface area (Å²) in [6, 6.07) is 4.14. The molecule has 0 atom stereocenters. The molecule has 1 aromatic carbocycles. The van der Waals surface area contributed by atoms with Crippen molar-refractivity contribution in [3.8, 4) is 0 Å². The summed E-state index contributed by atoms with van der Waals surface area (Å²) in [6.45, 7) is 2.03. The van der Waals surface area contributed by atoms with Crippen LogP contribution in [0.5, 0.6) is 0 Å². The van der Waals surface area contributed by atoms with E-state index in [0.717, 1.165) is 20.0 Å². The van der Waals surface area contributed by atoms with Crippen LogP contribution in [0.1, 0.15) is 5.01 Å². The third-order valence-electron chi connectivity index (χ3n) is 2.00. The van der Waals surface area contributed by atoms with E-state index in [2.05, 4.69) is 38.0 Å². The Morgan fingerprint density at radius 3 is 2.93 bits per heavy atom. The molecule has 0 aliphatic rings. The highest BCUT2D eigenvalue weighted by molar-refractivity contribution is 9.11. The molecule has 0 N–H and O–H groups in total. The van der Waals surface area contributed by atoms with E-state index in [4.69, 9.17) is 0 Å². The lowest BCUT2D eigenvalue weighted by Crippen LogP contribution is -1.70. The number of hydrogen-bond acceptors (Lipinski definition) is 4. The Kier molecular flexibility index (Phi) is 1.87. The number of aryl methyl sites for hydroxylation is 1. The molecule has 0 radical (unpaired) electrons. The van der Waals surface area contributed by atoms with Gasteiger partial charge in [0.15, 0.2) is 3.92 Å². The van der Waals surface area contributed by atoms with Gasteiger partial charge < -0.3 is 0 Å². The van der Waals surface area contributed by atoms with Crippen molar-refractivity contribution in [2.75, 3.05) is 0 Å². The van der Waals surface area contributed by atoms with Crippen molar-refractivity contribution < 1.29 is 0 Å². The first-order valence-corrected chi connectivity index (χ1v) is 6.49. The number of nitrogens with zero attached hydrogens (tertiary/aromatic N) is 2. The smallest absolute Gasteiger partial charge is 0.160 e. The third kappa shape index (κ3) is 1.20. The van der Waals surface area contributed by atoms with E-state index < -0.39 is 0 Å². The summed E-state index contributed by atoms with van der Waals surface area (Å²) >= 11 is 6.77. The van der Waals surface area contributed by atoms with Crippen molar-refractivity contribution in [3.63, 3.8) is 0 Å². The van der Waals surface area contributed by atoms with Crippen LogP contribution in [-0.2, 0) is 0 Å². The van der Waals surface area contributed by atoms with Crippen molar-refractivity contribution in [3.05, 3.63) is 21.1 Å². The first-order valence-electron chi connectivity index (χ1n) is 4.06. The summed E-state index contributed by atoms with van der Waals surface area (Å²) in [5.41, 5.74) is 2.12. The van der Waals surface area contributed by atoms with E-state index in [-0.39, 0.29) is 0 Å². The van der Waals surface area contributed by atoms with Gasteiger partial charge in [-0.2, -0.15) is 0 Å². The Morgan fingerprint density at radius 2 is 2.07 bits per heavy atom. The predicted octanol–water partition coefficient (Wildman–Crippen LogP) is 3.98. The number of benzene rings is 1. The van der Waals surface area contributed by atoms with Crippen molar-refractivity contribution >= 4 is 59.0 Å². The lowest BCUT2D eigenvalue weighted by molar-refractivity contribution is 1.35. The Balaban J connectivity index is 2.58. The summed E-state index contributed by atoms with van der Waals surface area (Å²) in [5.74, 6) is 0. The molecule has 2 aromatic heterocycles. The molecule has 14 heavy (non-hydrogen) atoms. The van der Waals surface area contributed by atoms with E-state index in [1.807, 2.05) is 6.92 Å². The summed E-state index contributed by atoms with van der Waals surface area (Å²) in [6.07, 6.45) is 0. The van der Waals surface area contributed by atoms with Crippen molar-refractivity contribution in [2.45, 2.75) is 6.92 Å². The minimum atomic E-state index is 0.922. The van der Waals surface area contributed by atoms with Gasteiger partial charge in [0.2, 0.25) is 0 Å². The minimum Gasteiger partial charge on any atom is -0.240 e. The van der Waals surface area contributed by atoms with Crippen LogP contribution < -0.4 is 0 Å². The van der Waals surface area contributed by atoms with Gasteiger partial charge in [0.05, 0.1) is 19.9 Å². The lowest BCUT2D eigenvalue weighted by atomic mass is 10.3. The molecular weight excluding hydrogens is 280 g/mol. The Hall–Kier alpha value is -0.520. The van der Waals surface area contributed by atoms with Crippen LogP contribution in [0.15, 0.2) is 16.0 Å². The average Bonchev–Trinajstić information content (AvgIpc) is 2.65. The van der Waals surface area contributed by atoms with Gasteiger partial charge in [0, 0.05) is 0 Å². The van der Waals surface area contributed by atoms with Crippen LogP contribution in [0, 0.1) is 6.92 Å². The van der Waals surface area contributed by atoms with Gasteiger partial charge >= 0.3 is 0 Å². The lowest BCUT2D eigenvalue weighted by Gasteiger charge is -1.87. The number of thiazole rings is 2. The molecule has 70 valence electrons. The molecular formula is C9H5BrN2S2. The second-order valence-electron chi connectivity index (χ2n) is 2.96. The van der Waals surface area contributed by atoms with Gasteiger partial charge in [0.1, 0.15) is 5.52 Å². The topological polar surface area (TPSA) is 25.8 Å². The standard InChI is InChI=1S/C9H5BrN2S2/c1-4-11-7-6(13-4)3-2-5-8(7)14-9(10)12-5/h2-3H,1H3. The quantitative estimate of drug-likeness (QED) is 0.624. The van der Waals surface area contributed by atoms with Crippen LogP contribution in [0.2, 0.25) is 0 Å². The van der Waals surface area contributed by atoms with Crippen LogP contribution in [-0.4, -0.2) is 9.97 Å². The molecule has 3 rings (SSSR count). The van der Waals surface area contributed by atoms with Crippen LogP contribution in [0.25, 0.3) is 20.4 Å². The number of rotatable bonds is 0. The highest BCUT2D eigenvalue weighted by Gasteiger charge is 2.08. The number of fused-ring (bicyclic) bond motifs is 3. The maximum Gasteiger partial charge on any atom is 0.160 e. The van der Waals surface area contributed by atoms with E-state index in [1.165, 1.54) is 9.40 Å². The Labute approximate surface area is 96.7 Å². The molecule has 3 aromatic rings. The number of hydrogen-bond donors (Lipinski definition) is 0. The first-order chi connectivity index (χ1) is 6.74.